The van der Waals surface area contributed by atoms with Crippen LogP contribution in [0, 0.1) is 0 Å². The molecule has 0 heterocycles. The normalized spacial score (nSPS) is 11.8. The second-order valence-corrected chi connectivity index (χ2v) is 9.00. The minimum Gasteiger partial charge on any atom is -0.333 e. The number of quaternary nitrogens is 1. The van der Waals surface area contributed by atoms with Crippen LogP contribution < -0.4 is 5.46 Å². The molecule has 1 aromatic carbocycles. The van der Waals surface area contributed by atoms with E-state index in [-0.39, 0.29) is 6.15 Å². The van der Waals surface area contributed by atoms with Crippen molar-refractivity contribution in [2.45, 2.75) is 78.3 Å². The fourth-order valence-electron chi connectivity index (χ4n) is 3.58. The molecule has 0 radical (unpaired) electrons. The summed E-state index contributed by atoms with van der Waals surface area (Å²) < 4.78 is 1.00. The van der Waals surface area contributed by atoms with Crippen LogP contribution in [-0.4, -0.2) is 38.8 Å². The van der Waals surface area contributed by atoms with Gasteiger partial charge in [-0.2, -0.15) is 19.0 Å². The van der Waals surface area contributed by atoms with Crippen LogP contribution in [-0.2, 0) is 0 Å². The molecule has 0 atom stereocenters. The first-order chi connectivity index (χ1) is 11.3. The van der Waals surface area contributed by atoms with Gasteiger partial charge in [-0.15, -0.1) is 0 Å². The Hall–Kier alpha value is -0.755. The van der Waals surface area contributed by atoms with Gasteiger partial charge in [0.25, 0.3) is 0 Å². The van der Waals surface area contributed by atoms with Gasteiger partial charge in [0.15, 0.2) is 0 Å². The summed E-state index contributed by atoms with van der Waals surface area (Å²) in [6, 6.07) is 11.4. The monoisotopic (exact) mass is 333 g/mol. The number of hydrogen-bond acceptors (Lipinski definition) is 0. The number of unbranched alkanes of at least 4 members (excludes halogenated alkanes) is 3. The highest BCUT2D eigenvalue weighted by Crippen LogP contribution is 2.28. The molecular weight excluding hydrogens is 289 g/mol. The van der Waals surface area contributed by atoms with E-state index in [1.54, 1.807) is 5.46 Å². The van der Waals surface area contributed by atoms with Crippen LogP contribution in [0.1, 0.15) is 59.3 Å². The van der Waals surface area contributed by atoms with Crippen LogP contribution in [0.4, 0.5) is 0 Å². The van der Waals surface area contributed by atoms with E-state index in [0.717, 1.165) is 4.48 Å². The lowest BCUT2D eigenvalue weighted by molar-refractivity contribution is -0.849. The van der Waals surface area contributed by atoms with Gasteiger partial charge in [0.2, 0.25) is 0 Å². The molecule has 0 saturated carbocycles. The lowest BCUT2D eigenvalue weighted by atomic mass is 9.16. The molecule has 0 amide bonds. The lowest BCUT2D eigenvalue weighted by Crippen LogP contribution is -2.47. The van der Waals surface area contributed by atoms with Crippen molar-refractivity contribution in [3.8, 4) is 0 Å². The van der Waals surface area contributed by atoms with Crippen LogP contribution in [0.2, 0.25) is 19.0 Å². The summed E-state index contributed by atoms with van der Waals surface area (Å²) in [7, 11) is 8.50. The van der Waals surface area contributed by atoms with Crippen molar-refractivity contribution in [1.82, 2.24) is 0 Å². The van der Waals surface area contributed by atoms with Crippen molar-refractivity contribution in [3.05, 3.63) is 30.3 Å². The van der Waals surface area contributed by atoms with Crippen LogP contribution >= 0.6 is 0 Å². The summed E-state index contributed by atoms with van der Waals surface area (Å²) >= 11 is 0. The molecular formula is C22H44BN. The van der Waals surface area contributed by atoms with Crippen LogP contribution in [0.25, 0.3) is 0 Å². The van der Waals surface area contributed by atoms with E-state index in [1.807, 2.05) is 0 Å². The highest BCUT2D eigenvalue weighted by molar-refractivity contribution is 6.91. The van der Waals surface area contributed by atoms with Gasteiger partial charge >= 0.3 is 0 Å². The molecule has 0 bridgehead atoms. The summed E-state index contributed by atoms with van der Waals surface area (Å²) in [6.45, 7) is 6.97. The van der Waals surface area contributed by atoms with Crippen molar-refractivity contribution in [2.24, 2.45) is 0 Å². The minimum absolute atomic E-state index is 0.309. The third-order valence-electron chi connectivity index (χ3n) is 4.84. The van der Waals surface area contributed by atoms with Gasteiger partial charge in [-0.05, 0) is 0 Å². The third-order valence-corrected chi connectivity index (χ3v) is 4.84. The van der Waals surface area contributed by atoms with Gasteiger partial charge < -0.3 is 4.48 Å². The Balaban J connectivity index is 0.000000922. The summed E-state index contributed by atoms with van der Waals surface area (Å²) in [5.74, 6) is 0. The van der Waals surface area contributed by atoms with Crippen LogP contribution in [0.5, 0.6) is 0 Å². The Kier molecular flexibility index (Phi) is 12.2. The fourth-order valence-corrected chi connectivity index (χ4v) is 3.58. The first-order valence-electron chi connectivity index (χ1n) is 10.3. The third kappa shape index (κ3) is 10.9. The zero-order valence-corrected chi connectivity index (χ0v) is 17.8. The average molecular weight is 333 g/mol. The van der Waals surface area contributed by atoms with Crippen molar-refractivity contribution in [3.63, 3.8) is 0 Å². The van der Waals surface area contributed by atoms with E-state index in [4.69, 9.17) is 0 Å². The molecule has 0 N–H and O–H groups in total. The molecule has 0 aliphatic rings. The molecule has 1 aromatic rings. The number of hydrogen-bond donors (Lipinski definition) is 0. The minimum atomic E-state index is -0.309. The standard InChI is InChI=1S/C18H32B.C4H12N/c1-4-7-15-19(16-8-5-2,17-9-6-3)18-13-11-10-12-14-18;1-5(2,3)4/h10-14H,4-9,15-17H2,1-3H3;1-4H3/q-1;+1. The van der Waals surface area contributed by atoms with E-state index in [9.17, 15) is 0 Å². The summed E-state index contributed by atoms with van der Waals surface area (Å²) in [5.41, 5.74) is 1.65. The Labute approximate surface area is 153 Å². The highest BCUT2D eigenvalue weighted by Gasteiger charge is 2.24. The van der Waals surface area contributed by atoms with Gasteiger partial charge in [-0.1, -0.05) is 89.6 Å². The summed E-state index contributed by atoms with van der Waals surface area (Å²) in [4.78, 5) is 0. The first-order valence-corrected chi connectivity index (χ1v) is 10.3. The van der Waals surface area contributed by atoms with E-state index in [2.05, 4.69) is 79.3 Å². The molecule has 0 unspecified atom stereocenters. The maximum Gasteiger partial charge on any atom is 0.0675 e. The SMILES string of the molecule is CCCC[B-](CCCC)(CCCC)c1ccccc1.C[N+](C)(C)C. The number of benzene rings is 1. The van der Waals surface area contributed by atoms with Crippen molar-refractivity contribution in [2.75, 3.05) is 28.2 Å². The van der Waals surface area contributed by atoms with Crippen LogP contribution in [0.15, 0.2) is 30.3 Å². The number of rotatable bonds is 10. The molecule has 0 aliphatic carbocycles. The van der Waals surface area contributed by atoms with E-state index >= 15 is 0 Å². The Morgan fingerprint density at radius 2 is 1.00 bits per heavy atom. The highest BCUT2D eigenvalue weighted by atomic mass is 15.2. The second-order valence-electron chi connectivity index (χ2n) is 9.00. The Morgan fingerprint density at radius 3 is 1.29 bits per heavy atom. The zero-order valence-electron chi connectivity index (χ0n) is 17.8. The Bertz CT molecular complexity index is 366. The molecule has 0 aromatic heterocycles. The molecule has 0 fully saturated rings. The molecule has 2 heteroatoms. The topological polar surface area (TPSA) is 0 Å². The van der Waals surface area contributed by atoms with Crippen molar-refractivity contribution < 1.29 is 4.48 Å². The van der Waals surface area contributed by atoms with Gasteiger partial charge in [-0.25, -0.2) is 5.46 Å². The molecule has 140 valence electrons. The molecule has 24 heavy (non-hydrogen) atoms. The molecule has 0 aliphatic heterocycles. The lowest BCUT2D eigenvalue weighted by Gasteiger charge is -2.41. The van der Waals surface area contributed by atoms with E-state index < -0.39 is 0 Å². The molecule has 1 nitrogen and oxygen atoms in total. The summed E-state index contributed by atoms with van der Waals surface area (Å²) in [5, 5.41) is 0. The van der Waals surface area contributed by atoms with Gasteiger partial charge in [0, 0.05) is 6.15 Å². The zero-order chi connectivity index (χ0) is 18.5. The molecule has 0 saturated heterocycles. The second kappa shape index (κ2) is 12.6. The van der Waals surface area contributed by atoms with Gasteiger partial charge in [-0.3, -0.25) is 0 Å². The van der Waals surface area contributed by atoms with Gasteiger partial charge in [0.05, 0.1) is 28.2 Å². The molecule has 1 rings (SSSR count). The van der Waals surface area contributed by atoms with Crippen molar-refractivity contribution >= 4 is 11.6 Å². The van der Waals surface area contributed by atoms with E-state index in [0.29, 0.717) is 0 Å². The average Bonchev–Trinajstić information content (AvgIpc) is 2.54. The maximum atomic E-state index is 2.39. The summed E-state index contributed by atoms with van der Waals surface area (Å²) in [6.07, 6.45) is 12.1. The predicted molar refractivity (Wildman–Crippen MR) is 115 cm³/mol. The smallest absolute Gasteiger partial charge is 0.0675 e. The first kappa shape index (κ1) is 23.2. The Morgan fingerprint density at radius 1 is 0.667 bits per heavy atom. The van der Waals surface area contributed by atoms with Crippen LogP contribution in [0.3, 0.4) is 0 Å². The number of nitrogens with zero attached hydrogens (tertiary/aromatic N) is 1. The maximum absolute atomic E-state index is 2.39. The quantitative estimate of drug-likeness (QED) is 0.360. The largest absolute Gasteiger partial charge is 0.333 e. The predicted octanol–water partition coefficient (Wildman–Crippen LogP) is 6.07. The van der Waals surface area contributed by atoms with E-state index in [1.165, 1.54) is 57.5 Å². The molecule has 0 spiro atoms. The van der Waals surface area contributed by atoms with Gasteiger partial charge in [0.1, 0.15) is 0 Å². The fraction of sp³-hybridized carbons (Fsp3) is 0.727. The van der Waals surface area contributed by atoms with Crippen molar-refractivity contribution in [1.29, 1.82) is 0 Å².